The molecule has 0 atom stereocenters. The maximum Gasteiger partial charge on any atom is 0.272 e. The highest BCUT2D eigenvalue weighted by Gasteiger charge is 2.24. The fraction of sp³-hybridized carbons (Fsp3) is 0.267. The summed E-state index contributed by atoms with van der Waals surface area (Å²) in [5, 5.41) is 12.9. The van der Waals surface area contributed by atoms with Gasteiger partial charge in [0.25, 0.3) is 5.91 Å². The van der Waals surface area contributed by atoms with E-state index < -0.39 is 15.9 Å². The Morgan fingerprint density at radius 3 is 2.77 bits per heavy atom. The standard InChI is InChI=1S/C15H18N6O4S/c1-9-14(10(2)25-20-9)18-15(22)13-6-12(7-16-13)26(23,24)21(3)8-11-4-5-17-19-11/h4-7,16H,8H2,1-3H3,(H,17,19)(H,18,22). The highest BCUT2D eigenvalue weighted by molar-refractivity contribution is 7.89. The minimum absolute atomic E-state index is 0.0107. The number of aromatic nitrogens is 4. The zero-order valence-electron chi connectivity index (χ0n) is 14.4. The first-order chi connectivity index (χ1) is 12.3. The summed E-state index contributed by atoms with van der Waals surface area (Å²) in [7, 11) is -2.31. The van der Waals surface area contributed by atoms with Gasteiger partial charge in [0.1, 0.15) is 22.0 Å². The number of nitrogens with zero attached hydrogens (tertiary/aromatic N) is 3. The SMILES string of the molecule is Cc1noc(C)c1NC(=O)c1cc(S(=O)(=O)N(C)Cc2ccn[nH]2)c[nH]1. The minimum atomic E-state index is -3.76. The number of aromatic amines is 2. The number of anilines is 1. The van der Waals surface area contributed by atoms with E-state index in [0.717, 1.165) is 0 Å². The molecular weight excluding hydrogens is 360 g/mol. The molecule has 0 aliphatic carbocycles. The van der Waals surface area contributed by atoms with Gasteiger partial charge in [-0.25, -0.2) is 8.42 Å². The number of H-pyrrole nitrogens is 2. The Bertz CT molecular complexity index is 999. The van der Waals surface area contributed by atoms with Crippen molar-refractivity contribution >= 4 is 21.6 Å². The lowest BCUT2D eigenvalue weighted by atomic mass is 10.3. The first kappa shape index (κ1) is 17.9. The first-order valence-electron chi connectivity index (χ1n) is 7.66. The largest absolute Gasteiger partial charge is 0.359 e. The normalized spacial score (nSPS) is 11.8. The van der Waals surface area contributed by atoms with Gasteiger partial charge in [-0.05, 0) is 26.0 Å². The third-order valence-corrected chi connectivity index (χ3v) is 5.61. The van der Waals surface area contributed by atoms with E-state index in [1.54, 1.807) is 26.1 Å². The van der Waals surface area contributed by atoms with Crippen LogP contribution in [0.15, 0.2) is 33.9 Å². The van der Waals surface area contributed by atoms with Crippen molar-refractivity contribution in [3.63, 3.8) is 0 Å². The van der Waals surface area contributed by atoms with Gasteiger partial charge in [0, 0.05) is 19.4 Å². The van der Waals surface area contributed by atoms with Crippen LogP contribution in [0.3, 0.4) is 0 Å². The molecule has 10 nitrogen and oxygen atoms in total. The summed E-state index contributed by atoms with van der Waals surface area (Å²) in [5.74, 6) is -0.0217. The number of sulfonamides is 1. The van der Waals surface area contributed by atoms with Crippen molar-refractivity contribution in [2.75, 3.05) is 12.4 Å². The topological polar surface area (TPSA) is 137 Å². The van der Waals surface area contributed by atoms with Gasteiger partial charge in [-0.1, -0.05) is 5.16 Å². The number of hydrogen-bond donors (Lipinski definition) is 3. The lowest BCUT2D eigenvalue weighted by molar-refractivity contribution is 0.102. The molecule has 3 aromatic heterocycles. The predicted molar refractivity (Wildman–Crippen MR) is 92.0 cm³/mol. The van der Waals surface area contributed by atoms with E-state index in [0.29, 0.717) is 22.8 Å². The van der Waals surface area contributed by atoms with Crippen molar-refractivity contribution in [1.82, 2.24) is 24.6 Å². The smallest absolute Gasteiger partial charge is 0.272 e. The van der Waals surface area contributed by atoms with E-state index in [1.165, 1.54) is 23.6 Å². The molecular formula is C15H18N6O4S. The molecule has 0 spiro atoms. The van der Waals surface area contributed by atoms with Gasteiger partial charge in [0.05, 0.1) is 12.2 Å². The maximum absolute atomic E-state index is 12.6. The van der Waals surface area contributed by atoms with Crippen molar-refractivity contribution in [2.45, 2.75) is 25.3 Å². The van der Waals surface area contributed by atoms with E-state index in [1.807, 2.05) is 0 Å². The number of aryl methyl sites for hydroxylation is 2. The van der Waals surface area contributed by atoms with Crippen LogP contribution in [0.1, 0.15) is 27.6 Å². The van der Waals surface area contributed by atoms with Crippen LogP contribution in [-0.4, -0.2) is 46.0 Å². The van der Waals surface area contributed by atoms with Crippen LogP contribution in [0.4, 0.5) is 5.69 Å². The van der Waals surface area contributed by atoms with E-state index in [9.17, 15) is 13.2 Å². The van der Waals surface area contributed by atoms with Crippen LogP contribution in [0, 0.1) is 13.8 Å². The van der Waals surface area contributed by atoms with E-state index >= 15 is 0 Å². The van der Waals surface area contributed by atoms with Gasteiger partial charge in [-0.2, -0.15) is 9.40 Å². The number of nitrogens with one attached hydrogen (secondary N) is 3. The molecule has 0 saturated heterocycles. The Hall–Kier alpha value is -2.92. The van der Waals surface area contributed by atoms with Gasteiger partial charge in [0.15, 0.2) is 5.76 Å². The molecule has 0 saturated carbocycles. The van der Waals surface area contributed by atoms with Crippen molar-refractivity contribution in [3.8, 4) is 0 Å². The highest BCUT2D eigenvalue weighted by atomic mass is 32.2. The summed E-state index contributed by atoms with van der Waals surface area (Å²) in [6.45, 7) is 3.50. The zero-order chi connectivity index (χ0) is 18.9. The fourth-order valence-corrected chi connectivity index (χ4v) is 3.52. The Balaban J connectivity index is 1.77. The fourth-order valence-electron chi connectivity index (χ4n) is 2.37. The van der Waals surface area contributed by atoms with E-state index in [4.69, 9.17) is 4.52 Å². The number of carbonyl (C=O) groups excluding carboxylic acids is 1. The molecule has 0 fully saturated rings. The second kappa shape index (κ2) is 6.77. The van der Waals surface area contributed by atoms with Crippen molar-refractivity contribution in [1.29, 1.82) is 0 Å². The summed E-state index contributed by atoms with van der Waals surface area (Å²) in [4.78, 5) is 15.0. The molecule has 1 amide bonds. The molecule has 26 heavy (non-hydrogen) atoms. The molecule has 3 heterocycles. The molecule has 0 unspecified atom stereocenters. The second-order valence-electron chi connectivity index (χ2n) is 5.75. The number of carbonyl (C=O) groups is 1. The predicted octanol–water partition coefficient (Wildman–Crippen LogP) is 1.42. The van der Waals surface area contributed by atoms with Crippen LogP contribution in [0.2, 0.25) is 0 Å². The number of hydrogen-bond acceptors (Lipinski definition) is 6. The van der Waals surface area contributed by atoms with Crippen LogP contribution in [0.5, 0.6) is 0 Å². The molecule has 11 heteroatoms. The van der Waals surface area contributed by atoms with Crippen LogP contribution >= 0.6 is 0 Å². The van der Waals surface area contributed by atoms with Crippen LogP contribution < -0.4 is 5.32 Å². The van der Waals surface area contributed by atoms with Gasteiger partial charge in [0.2, 0.25) is 10.0 Å². The Kier molecular flexibility index (Phi) is 4.66. The van der Waals surface area contributed by atoms with Crippen molar-refractivity contribution < 1.29 is 17.7 Å². The highest BCUT2D eigenvalue weighted by Crippen LogP contribution is 2.21. The lowest BCUT2D eigenvalue weighted by Gasteiger charge is -2.14. The van der Waals surface area contributed by atoms with Crippen LogP contribution in [-0.2, 0) is 16.6 Å². The average Bonchev–Trinajstić information content (AvgIpc) is 3.33. The van der Waals surface area contributed by atoms with E-state index in [2.05, 4.69) is 25.7 Å². The van der Waals surface area contributed by atoms with Gasteiger partial charge in [-0.3, -0.25) is 9.89 Å². The Labute approximate surface area is 149 Å². The second-order valence-corrected chi connectivity index (χ2v) is 7.79. The van der Waals surface area contributed by atoms with Gasteiger partial charge < -0.3 is 14.8 Å². The molecule has 0 aromatic carbocycles. The average molecular weight is 378 g/mol. The van der Waals surface area contributed by atoms with Crippen molar-refractivity contribution in [3.05, 3.63) is 47.4 Å². The minimum Gasteiger partial charge on any atom is -0.359 e. The third kappa shape index (κ3) is 3.39. The summed E-state index contributed by atoms with van der Waals surface area (Å²) in [5.41, 5.74) is 1.77. The summed E-state index contributed by atoms with van der Waals surface area (Å²) >= 11 is 0. The van der Waals surface area contributed by atoms with E-state index in [-0.39, 0.29) is 17.1 Å². The molecule has 0 bridgehead atoms. The number of amides is 1. The van der Waals surface area contributed by atoms with Crippen molar-refractivity contribution in [2.24, 2.45) is 0 Å². The molecule has 3 N–H and O–H groups in total. The zero-order valence-corrected chi connectivity index (χ0v) is 15.2. The van der Waals surface area contributed by atoms with Gasteiger partial charge >= 0.3 is 0 Å². The summed E-state index contributed by atoms with van der Waals surface area (Å²) < 4.78 is 31.4. The number of rotatable bonds is 6. The van der Waals surface area contributed by atoms with Crippen LogP contribution in [0.25, 0.3) is 0 Å². The first-order valence-corrected chi connectivity index (χ1v) is 9.10. The monoisotopic (exact) mass is 378 g/mol. The third-order valence-electron chi connectivity index (χ3n) is 3.83. The Morgan fingerprint density at radius 1 is 1.38 bits per heavy atom. The molecule has 0 radical (unpaired) electrons. The maximum atomic E-state index is 12.6. The lowest BCUT2D eigenvalue weighted by Crippen LogP contribution is -2.26. The molecule has 138 valence electrons. The van der Waals surface area contributed by atoms with Gasteiger partial charge in [-0.15, -0.1) is 0 Å². The summed E-state index contributed by atoms with van der Waals surface area (Å²) in [6, 6.07) is 2.97. The molecule has 3 aromatic rings. The quantitative estimate of drug-likeness (QED) is 0.593. The summed E-state index contributed by atoms with van der Waals surface area (Å²) in [6.07, 6.45) is 2.82. The Morgan fingerprint density at radius 2 is 2.15 bits per heavy atom. The molecule has 3 rings (SSSR count). The molecule has 0 aliphatic heterocycles. The molecule has 0 aliphatic rings.